The molecule has 1 amide bonds. The lowest BCUT2D eigenvalue weighted by Crippen LogP contribution is -2.34. The van der Waals surface area contributed by atoms with Crippen molar-refractivity contribution in [2.75, 3.05) is 6.54 Å². The Balaban J connectivity index is 2.54. The fourth-order valence-corrected chi connectivity index (χ4v) is 1.81. The molecule has 16 heavy (non-hydrogen) atoms. The maximum atomic E-state index is 11.6. The van der Waals surface area contributed by atoms with Crippen LogP contribution < -0.4 is 5.32 Å². The smallest absolute Gasteiger partial charge is 0.268 e. The summed E-state index contributed by atoms with van der Waals surface area (Å²) in [6.07, 6.45) is 0. The number of carbonyl (C=O) groups excluding carboxylic acids is 1. The lowest BCUT2D eigenvalue weighted by Gasteiger charge is -2.16. The van der Waals surface area contributed by atoms with E-state index in [0.717, 1.165) is 5.56 Å². The zero-order valence-corrected chi connectivity index (χ0v) is 9.58. The van der Waals surface area contributed by atoms with Crippen LogP contribution in [-0.4, -0.2) is 29.0 Å². The summed E-state index contributed by atoms with van der Waals surface area (Å²) >= 11 is 5.71. The molecular weight excluding hydrogens is 228 g/mol. The highest BCUT2D eigenvalue weighted by molar-refractivity contribution is 6.65. The van der Waals surface area contributed by atoms with E-state index in [1.807, 2.05) is 11.5 Å². The van der Waals surface area contributed by atoms with Crippen LogP contribution >= 0.6 is 11.6 Å². The number of aryl methyl sites for hydroxylation is 1. The van der Waals surface area contributed by atoms with E-state index in [9.17, 15) is 4.79 Å². The zero-order valence-electron chi connectivity index (χ0n) is 8.83. The Hall–Kier alpha value is -1.62. The molecule has 1 aromatic rings. The Morgan fingerprint density at radius 3 is 3.12 bits per heavy atom. The molecule has 5 nitrogen and oxygen atoms in total. The van der Waals surface area contributed by atoms with Gasteiger partial charge in [0.25, 0.3) is 5.91 Å². The van der Waals surface area contributed by atoms with Gasteiger partial charge in [-0.2, -0.15) is 0 Å². The fourth-order valence-electron chi connectivity index (χ4n) is 1.73. The van der Waals surface area contributed by atoms with Crippen LogP contribution in [0.4, 0.5) is 5.82 Å². The number of fused-ring (bicyclic) bond motifs is 1. The average Bonchev–Trinajstić information content (AvgIpc) is 2.58. The van der Waals surface area contributed by atoms with E-state index in [-0.39, 0.29) is 11.2 Å². The molecule has 1 aromatic heterocycles. The molecule has 6 heteroatoms. The first kappa shape index (κ1) is 10.9. The van der Waals surface area contributed by atoms with E-state index in [0.29, 0.717) is 24.6 Å². The van der Waals surface area contributed by atoms with E-state index >= 15 is 0 Å². The lowest BCUT2D eigenvalue weighted by molar-refractivity contribution is 0.0928. The summed E-state index contributed by atoms with van der Waals surface area (Å²) in [6, 6.07) is 1.79. The molecule has 0 radical (unpaired) electrons. The summed E-state index contributed by atoms with van der Waals surface area (Å²) in [5.74, 6) is 0.584. The van der Waals surface area contributed by atoms with Crippen molar-refractivity contribution in [3.63, 3.8) is 0 Å². The average molecular weight is 239 g/mol. The van der Waals surface area contributed by atoms with Gasteiger partial charge in [0.2, 0.25) is 5.29 Å². The number of rotatable bonds is 1. The summed E-state index contributed by atoms with van der Waals surface area (Å²) in [5.41, 5.74) is 1.50. The van der Waals surface area contributed by atoms with Crippen molar-refractivity contribution in [1.82, 2.24) is 9.88 Å². The monoisotopic (exact) mass is 238 g/mol. The van der Waals surface area contributed by atoms with Crippen molar-refractivity contribution in [2.24, 2.45) is 9.98 Å². The summed E-state index contributed by atoms with van der Waals surface area (Å²) in [5, 5.41) is 2.85. The number of hydrogen-bond donors (Lipinski definition) is 1. The Morgan fingerprint density at radius 1 is 1.69 bits per heavy atom. The van der Waals surface area contributed by atoms with Crippen molar-refractivity contribution in [3.8, 4) is 0 Å². The predicted molar refractivity (Wildman–Crippen MR) is 64.0 cm³/mol. The van der Waals surface area contributed by atoms with Crippen molar-refractivity contribution in [2.45, 2.75) is 13.5 Å². The first-order valence-corrected chi connectivity index (χ1v) is 5.20. The number of hydrogen-bond acceptors (Lipinski definition) is 2. The number of amides is 1. The first-order chi connectivity index (χ1) is 7.63. The lowest BCUT2D eigenvalue weighted by atomic mass is 10.3. The van der Waals surface area contributed by atoms with Gasteiger partial charge >= 0.3 is 0 Å². The molecule has 0 aliphatic carbocycles. The number of aromatic nitrogens is 1. The molecule has 0 aromatic carbocycles. The molecule has 0 unspecified atom stereocenters. The number of nitrogens with zero attached hydrogens (tertiary/aromatic N) is 3. The summed E-state index contributed by atoms with van der Waals surface area (Å²) in [6.45, 7) is 6.46. The number of aliphatic imine (C=N–C) groups is 2. The molecular formula is C10H11ClN4O. The molecule has 1 aliphatic rings. The third-order valence-corrected chi connectivity index (χ3v) is 2.64. The van der Waals surface area contributed by atoms with E-state index in [1.165, 1.54) is 0 Å². The van der Waals surface area contributed by atoms with Gasteiger partial charge in [0, 0.05) is 13.1 Å². The van der Waals surface area contributed by atoms with Crippen molar-refractivity contribution in [3.05, 3.63) is 17.3 Å². The maximum Gasteiger partial charge on any atom is 0.268 e. The van der Waals surface area contributed by atoms with Crippen LogP contribution in [0.15, 0.2) is 16.1 Å². The highest BCUT2D eigenvalue weighted by atomic mass is 35.5. The highest BCUT2D eigenvalue weighted by Gasteiger charge is 2.21. The maximum absolute atomic E-state index is 11.6. The molecule has 2 rings (SSSR count). The molecule has 1 N–H and O–H groups in total. The summed E-state index contributed by atoms with van der Waals surface area (Å²) in [7, 11) is 0. The molecule has 2 heterocycles. The number of nitrogens with one attached hydrogen (secondary N) is 1. The quantitative estimate of drug-likeness (QED) is 0.450. The third-order valence-electron chi connectivity index (χ3n) is 2.43. The van der Waals surface area contributed by atoms with E-state index in [1.54, 1.807) is 6.07 Å². The molecule has 84 valence electrons. The van der Waals surface area contributed by atoms with Gasteiger partial charge in [0.15, 0.2) is 0 Å². The Kier molecular flexibility index (Phi) is 2.78. The van der Waals surface area contributed by atoms with E-state index < -0.39 is 0 Å². The molecule has 0 fully saturated rings. The number of halogens is 1. The van der Waals surface area contributed by atoms with Crippen LogP contribution in [-0.2, 0) is 6.54 Å². The predicted octanol–water partition coefficient (Wildman–Crippen LogP) is 1.47. The van der Waals surface area contributed by atoms with Gasteiger partial charge in [-0.25, -0.2) is 9.98 Å². The Bertz CT molecular complexity index is 489. The van der Waals surface area contributed by atoms with Gasteiger partial charge in [-0.05, 0) is 36.9 Å². The minimum Gasteiger partial charge on any atom is -0.349 e. The highest BCUT2D eigenvalue weighted by Crippen LogP contribution is 2.26. The summed E-state index contributed by atoms with van der Waals surface area (Å²) < 4.78 is 1.84. The van der Waals surface area contributed by atoms with Crippen LogP contribution in [0.25, 0.3) is 0 Å². The second-order valence-electron chi connectivity index (χ2n) is 3.48. The van der Waals surface area contributed by atoms with Gasteiger partial charge in [0.1, 0.15) is 11.5 Å². The van der Waals surface area contributed by atoms with E-state index in [4.69, 9.17) is 11.6 Å². The van der Waals surface area contributed by atoms with Crippen LogP contribution in [0.1, 0.15) is 16.1 Å². The minimum atomic E-state index is -0.0847. The van der Waals surface area contributed by atoms with Gasteiger partial charge in [-0.15, -0.1) is 0 Å². The molecule has 0 atom stereocenters. The second-order valence-corrected chi connectivity index (χ2v) is 3.82. The van der Waals surface area contributed by atoms with E-state index in [2.05, 4.69) is 22.0 Å². The van der Waals surface area contributed by atoms with Crippen molar-refractivity contribution < 1.29 is 4.79 Å². The normalized spacial score (nSPS) is 15.6. The van der Waals surface area contributed by atoms with Gasteiger partial charge in [0.05, 0.1) is 0 Å². The number of amidine groups is 1. The molecule has 0 bridgehead atoms. The Morgan fingerprint density at radius 2 is 2.44 bits per heavy atom. The van der Waals surface area contributed by atoms with Crippen LogP contribution in [0.5, 0.6) is 0 Å². The molecule has 0 saturated carbocycles. The molecule has 1 aliphatic heterocycles. The number of carbonyl (C=O) groups is 1. The molecule has 0 spiro atoms. The van der Waals surface area contributed by atoms with Crippen molar-refractivity contribution >= 4 is 35.3 Å². The van der Waals surface area contributed by atoms with Gasteiger partial charge < -0.3 is 9.88 Å². The third kappa shape index (κ3) is 1.74. The fraction of sp³-hybridized carbons (Fsp3) is 0.300. The van der Waals surface area contributed by atoms with Crippen LogP contribution in [0.3, 0.4) is 0 Å². The Labute approximate surface area is 97.8 Å². The van der Waals surface area contributed by atoms with Crippen LogP contribution in [0, 0.1) is 6.92 Å². The molecule has 0 saturated heterocycles. The van der Waals surface area contributed by atoms with Gasteiger partial charge in [-0.1, -0.05) is 0 Å². The second kappa shape index (κ2) is 4.09. The topological polar surface area (TPSA) is 58.8 Å². The zero-order chi connectivity index (χ0) is 11.7. The SMILES string of the molecule is C=NC(Cl)=Nc1c(C)cc2n1CCNC2=O. The van der Waals surface area contributed by atoms with Gasteiger partial charge in [-0.3, -0.25) is 4.79 Å². The summed E-state index contributed by atoms with van der Waals surface area (Å²) in [4.78, 5) is 19.2. The van der Waals surface area contributed by atoms with Crippen LogP contribution in [0.2, 0.25) is 0 Å². The van der Waals surface area contributed by atoms with Crippen molar-refractivity contribution in [1.29, 1.82) is 0 Å². The minimum absolute atomic E-state index is 0.0787. The largest absolute Gasteiger partial charge is 0.349 e. The standard InChI is InChI=1S/C10H11ClN4O/c1-6-5-7-9(16)13-3-4-15(7)8(6)14-10(11)12-2/h5H,2-4H2,1H3,(H,13,16). The first-order valence-electron chi connectivity index (χ1n) is 4.82.